The first kappa shape index (κ1) is 26.0. The third kappa shape index (κ3) is 5.86. The summed E-state index contributed by atoms with van der Waals surface area (Å²) in [7, 11) is 4.52. The van der Waals surface area contributed by atoms with Crippen LogP contribution in [0, 0.1) is 0 Å². The van der Waals surface area contributed by atoms with Gasteiger partial charge in [-0.3, -0.25) is 9.59 Å². The second-order valence-electron chi connectivity index (χ2n) is 8.31. The molecule has 0 aliphatic heterocycles. The zero-order chi connectivity index (χ0) is 26.4. The standard InChI is InChI=1S/C28H28ClN3O5/c1-35-24-15-19(16-25(36-2)27(24)37-3)28(34)30-14-6-9-26-31-21-7-4-5-8-22(21)32(26)17-23(33)18-10-12-20(29)13-11-18/h4-5,7-8,10-13,15-16H,6,9,14,17H2,1-3H3,(H,30,34). The molecular weight excluding hydrogens is 494 g/mol. The molecular formula is C28H28ClN3O5. The maximum Gasteiger partial charge on any atom is 0.251 e. The Morgan fingerprint density at radius 3 is 2.24 bits per heavy atom. The van der Waals surface area contributed by atoms with Gasteiger partial charge in [0, 0.05) is 29.1 Å². The van der Waals surface area contributed by atoms with Crippen molar-refractivity contribution in [1.82, 2.24) is 14.9 Å². The minimum Gasteiger partial charge on any atom is -0.493 e. The van der Waals surface area contributed by atoms with Gasteiger partial charge in [-0.1, -0.05) is 23.7 Å². The normalized spacial score (nSPS) is 10.8. The van der Waals surface area contributed by atoms with E-state index in [0.717, 1.165) is 16.9 Å². The molecule has 0 saturated heterocycles. The number of hydrogen-bond acceptors (Lipinski definition) is 6. The number of nitrogens with zero attached hydrogens (tertiary/aromatic N) is 2. The van der Waals surface area contributed by atoms with Crippen LogP contribution in [0.15, 0.2) is 60.7 Å². The first-order valence-corrected chi connectivity index (χ1v) is 12.1. The van der Waals surface area contributed by atoms with Gasteiger partial charge in [-0.05, 0) is 55.0 Å². The number of Topliss-reactive ketones (excluding diaryl/α,β-unsaturated/α-hetero) is 1. The average Bonchev–Trinajstić information content (AvgIpc) is 3.27. The fraction of sp³-hybridized carbons (Fsp3) is 0.250. The third-order valence-corrected chi connectivity index (χ3v) is 6.24. The fourth-order valence-electron chi connectivity index (χ4n) is 4.13. The van der Waals surface area contributed by atoms with Gasteiger partial charge in [0.1, 0.15) is 5.82 Å². The molecule has 1 amide bonds. The number of carbonyl (C=O) groups excluding carboxylic acids is 2. The van der Waals surface area contributed by atoms with Crippen molar-refractivity contribution in [2.75, 3.05) is 27.9 Å². The quantitative estimate of drug-likeness (QED) is 0.221. The van der Waals surface area contributed by atoms with E-state index in [2.05, 4.69) is 5.32 Å². The summed E-state index contributed by atoms with van der Waals surface area (Å²) in [6.45, 7) is 0.582. The van der Waals surface area contributed by atoms with Crippen molar-refractivity contribution in [3.05, 3.63) is 82.6 Å². The predicted molar refractivity (Wildman–Crippen MR) is 142 cm³/mol. The molecule has 1 heterocycles. The molecule has 0 unspecified atom stereocenters. The van der Waals surface area contributed by atoms with Crippen LogP contribution in [0.3, 0.4) is 0 Å². The predicted octanol–water partition coefficient (Wildman–Crippen LogP) is 4.96. The average molecular weight is 522 g/mol. The van der Waals surface area contributed by atoms with Crippen molar-refractivity contribution in [3.63, 3.8) is 0 Å². The van der Waals surface area contributed by atoms with Gasteiger partial charge in [0.05, 0.1) is 38.9 Å². The van der Waals surface area contributed by atoms with Gasteiger partial charge in [-0.25, -0.2) is 4.98 Å². The van der Waals surface area contributed by atoms with Gasteiger partial charge in [0.15, 0.2) is 17.3 Å². The molecule has 0 atom stereocenters. The number of rotatable bonds is 11. The molecule has 3 aromatic carbocycles. The summed E-state index contributed by atoms with van der Waals surface area (Å²) in [5.74, 6) is 1.73. The minimum atomic E-state index is -0.259. The van der Waals surface area contributed by atoms with Gasteiger partial charge in [0.25, 0.3) is 5.91 Å². The number of benzene rings is 3. The van der Waals surface area contributed by atoms with Crippen LogP contribution in [0.4, 0.5) is 0 Å². The molecule has 1 N–H and O–H groups in total. The molecule has 9 heteroatoms. The maximum atomic E-state index is 13.0. The van der Waals surface area contributed by atoms with Crippen molar-refractivity contribution < 1.29 is 23.8 Å². The topological polar surface area (TPSA) is 91.7 Å². The zero-order valence-corrected chi connectivity index (χ0v) is 21.7. The van der Waals surface area contributed by atoms with E-state index in [4.69, 9.17) is 30.8 Å². The van der Waals surface area contributed by atoms with Crippen molar-refractivity contribution in [2.45, 2.75) is 19.4 Å². The largest absolute Gasteiger partial charge is 0.493 e. The second-order valence-corrected chi connectivity index (χ2v) is 8.74. The van der Waals surface area contributed by atoms with Gasteiger partial charge < -0.3 is 24.1 Å². The molecule has 0 saturated carbocycles. The van der Waals surface area contributed by atoms with E-state index in [1.54, 1.807) is 36.4 Å². The summed E-state index contributed by atoms with van der Waals surface area (Å²) >= 11 is 5.96. The Hall–Kier alpha value is -4.04. The molecule has 0 fully saturated rings. The van der Waals surface area contributed by atoms with Crippen molar-refractivity contribution in [3.8, 4) is 17.2 Å². The molecule has 8 nitrogen and oxygen atoms in total. The molecule has 0 bridgehead atoms. The molecule has 4 aromatic rings. The van der Waals surface area contributed by atoms with Crippen LogP contribution in [0.2, 0.25) is 5.02 Å². The summed E-state index contributed by atoms with van der Waals surface area (Å²) in [6.07, 6.45) is 1.22. The number of methoxy groups -OCH3 is 3. The number of amides is 1. The monoisotopic (exact) mass is 521 g/mol. The van der Waals surface area contributed by atoms with E-state index in [1.165, 1.54) is 21.3 Å². The molecule has 0 aliphatic carbocycles. The van der Waals surface area contributed by atoms with Crippen LogP contribution in [-0.2, 0) is 13.0 Å². The Bertz CT molecular complexity index is 1390. The number of fused-ring (bicyclic) bond motifs is 1. The van der Waals surface area contributed by atoms with Crippen LogP contribution in [0.1, 0.15) is 33.0 Å². The van der Waals surface area contributed by atoms with Crippen molar-refractivity contribution in [2.24, 2.45) is 0 Å². The lowest BCUT2D eigenvalue weighted by molar-refractivity contribution is 0.0950. The molecule has 0 radical (unpaired) electrons. The molecule has 4 rings (SSSR count). The number of halogens is 1. The lowest BCUT2D eigenvalue weighted by atomic mass is 10.1. The number of nitrogens with one attached hydrogen (secondary N) is 1. The summed E-state index contributed by atoms with van der Waals surface area (Å²) < 4.78 is 17.9. The Morgan fingerprint density at radius 1 is 0.919 bits per heavy atom. The number of aromatic nitrogens is 2. The van der Waals surface area contributed by atoms with Crippen LogP contribution < -0.4 is 19.5 Å². The van der Waals surface area contributed by atoms with Crippen molar-refractivity contribution in [1.29, 1.82) is 0 Å². The fourth-order valence-corrected chi connectivity index (χ4v) is 4.25. The highest BCUT2D eigenvalue weighted by atomic mass is 35.5. The van der Waals surface area contributed by atoms with Gasteiger partial charge in [-0.2, -0.15) is 0 Å². The van der Waals surface area contributed by atoms with Gasteiger partial charge in [0.2, 0.25) is 5.75 Å². The summed E-state index contributed by atoms with van der Waals surface area (Å²) in [6, 6.07) is 17.8. The Balaban J connectivity index is 1.44. The zero-order valence-electron chi connectivity index (χ0n) is 20.9. The number of hydrogen-bond donors (Lipinski definition) is 1. The minimum absolute atomic E-state index is 0.0308. The van der Waals surface area contributed by atoms with Crippen LogP contribution in [0.5, 0.6) is 17.2 Å². The Labute approximate surface area is 220 Å². The van der Waals surface area contributed by atoms with Crippen LogP contribution in [0.25, 0.3) is 11.0 Å². The van der Waals surface area contributed by atoms with E-state index < -0.39 is 0 Å². The first-order valence-electron chi connectivity index (χ1n) is 11.8. The highest BCUT2D eigenvalue weighted by molar-refractivity contribution is 6.30. The number of carbonyl (C=O) groups is 2. The number of ether oxygens (including phenoxy) is 3. The van der Waals surface area contributed by atoms with Gasteiger partial charge >= 0.3 is 0 Å². The Kier molecular flexibility index (Phi) is 8.30. The van der Waals surface area contributed by atoms with E-state index in [0.29, 0.717) is 52.8 Å². The number of ketones is 1. The summed E-state index contributed by atoms with van der Waals surface area (Å²) in [4.78, 5) is 30.5. The molecule has 37 heavy (non-hydrogen) atoms. The molecule has 0 aliphatic rings. The number of aryl methyl sites for hydroxylation is 1. The number of imidazole rings is 1. The van der Waals surface area contributed by atoms with Crippen molar-refractivity contribution >= 4 is 34.3 Å². The van der Waals surface area contributed by atoms with Crippen LogP contribution in [-0.4, -0.2) is 49.1 Å². The second kappa shape index (κ2) is 11.8. The third-order valence-electron chi connectivity index (χ3n) is 5.99. The van der Waals surface area contributed by atoms with E-state index in [1.807, 2.05) is 28.8 Å². The SMILES string of the molecule is COc1cc(C(=O)NCCCc2nc3ccccc3n2CC(=O)c2ccc(Cl)cc2)cc(OC)c1OC. The summed E-state index contributed by atoms with van der Waals surface area (Å²) in [5.41, 5.74) is 2.70. The molecule has 0 spiro atoms. The van der Waals surface area contributed by atoms with E-state index in [9.17, 15) is 9.59 Å². The lowest BCUT2D eigenvalue weighted by Gasteiger charge is -2.14. The van der Waals surface area contributed by atoms with E-state index >= 15 is 0 Å². The van der Waals surface area contributed by atoms with Gasteiger partial charge in [-0.15, -0.1) is 0 Å². The van der Waals surface area contributed by atoms with Crippen LogP contribution >= 0.6 is 11.6 Å². The number of para-hydroxylation sites is 2. The summed E-state index contributed by atoms with van der Waals surface area (Å²) in [5, 5.41) is 3.51. The lowest BCUT2D eigenvalue weighted by Crippen LogP contribution is -2.25. The molecule has 1 aromatic heterocycles. The Morgan fingerprint density at radius 2 is 1.59 bits per heavy atom. The first-order chi connectivity index (χ1) is 17.9. The smallest absolute Gasteiger partial charge is 0.251 e. The highest BCUT2D eigenvalue weighted by Gasteiger charge is 2.18. The molecule has 192 valence electrons. The maximum absolute atomic E-state index is 13.0. The van der Waals surface area contributed by atoms with E-state index in [-0.39, 0.29) is 18.2 Å². The highest BCUT2D eigenvalue weighted by Crippen LogP contribution is 2.38.